The summed E-state index contributed by atoms with van der Waals surface area (Å²) in [6.07, 6.45) is 0. The first-order valence-electron chi connectivity index (χ1n) is 5.78. The van der Waals surface area contributed by atoms with E-state index in [0.717, 1.165) is 0 Å². The zero-order valence-electron chi connectivity index (χ0n) is 10.4. The van der Waals surface area contributed by atoms with Crippen molar-refractivity contribution in [3.63, 3.8) is 0 Å². The van der Waals surface area contributed by atoms with Crippen LogP contribution in [-0.2, 0) is 17.3 Å². The summed E-state index contributed by atoms with van der Waals surface area (Å²) in [4.78, 5) is 0. The van der Waals surface area contributed by atoms with Gasteiger partial charge >= 0.3 is 0 Å². The van der Waals surface area contributed by atoms with E-state index in [1.807, 2.05) is 6.92 Å². The van der Waals surface area contributed by atoms with E-state index in [1.54, 1.807) is 22.9 Å². The number of rotatable bonds is 5. The van der Waals surface area contributed by atoms with E-state index in [2.05, 4.69) is 15.5 Å². The fourth-order valence-electron chi connectivity index (χ4n) is 1.60. The number of hydrogen-bond donors (Lipinski definition) is 1. The lowest BCUT2D eigenvalue weighted by atomic mass is 10.1. The van der Waals surface area contributed by atoms with Gasteiger partial charge in [0.15, 0.2) is 5.82 Å². The Labute approximate surface area is 118 Å². The lowest BCUT2D eigenvalue weighted by Crippen LogP contribution is -2.12. The Morgan fingerprint density at radius 1 is 1.47 bits per heavy atom. The molecule has 2 aromatic rings. The van der Waals surface area contributed by atoms with Crippen molar-refractivity contribution >= 4 is 28.1 Å². The van der Waals surface area contributed by atoms with Crippen LogP contribution in [0.1, 0.15) is 6.92 Å². The molecule has 8 heteroatoms. The summed E-state index contributed by atoms with van der Waals surface area (Å²) >= 11 is 5.95. The van der Waals surface area contributed by atoms with Crippen LogP contribution in [-0.4, -0.2) is 35.9 Å². The maximum atomic E-state index is 11.5. The van der Waals surface area contributed by atoms with Gasteiger partial charge in [0.1, 0.15) is 0 Å². The van der Waals surface area contributed by atoms with Gasteiger partial charge in [-0.2, -0.15) is 0 Å². The quantitative estimate of drug-likeness (QED) is 0.842. The van der Waals surface area contributed by atoms with E-state index in [1.165, 1.54) is 0 Å². The summed E-state index contributed by atoms with van der Waals surface area (Å²) < 4.78 is 13.1. The topological polar surface area (TPSA) is 86.7 Å². The SMILES string of the molecule is CCS(=O)CCn1nnnc1-c1cc(Cl)ccc1N. The van der Waals surface area contributed by atoms with Crippen molar-refractivity contribution in [1.29, 1.82) is 0 Å². The largest absolute Gasteiger partial charge is 0.398 e. The predicted octanol–water partition coefficient (Wildman–Crippen LogP) is 1.34. The van der Waals surface area contributed by atoms with Crippen LogP contribution < -0.4 is 5.73 Å². The number of nitrogen functional groups attached to an aromatic ring is 1. The van der Waals surface area contributed by atoms with Crippen LogP contribution in [0.15, 0.2) is 18.2 Å². The first kappa shape index (κ1) is 14.0. The molecule has 102 valence electrons. The third-order valence-corrected chi connectivity index (χ3v) is 4.16. The summed E-state index contributed by atoms with van der Waals surface area (Å²) in [6.45, 7) is 2.36. The molecule has 1 heterocycles. The van der Waals surface area contributed by atoms with Crippen molar-refractivity contribution in [2.24, 2.45) is 0 Å². The molecule has 1 atom stereocenters. The molecule has 0 amide bonds. The molecule has 0 aliphatic rings. The Balaban J connectivity index is 2.28. The summed E-state index contributed by atoms with van der Waals surface area (Å²) in [5, 5.41) is 12.1. The molecule has 0 spiro atoms. The van der Waals surface area contributed by atoms with Crippen molar-refractivity contribution < 1.29 is 4.21 Å². The Morgan fingerprint density at radius 2 is 2.26 bits per heavy atom. The van der Waals surface area contributed by atoms with Gasteiger partial charge in [-0.3, -0.25) is 4.21 Å². The molecular formula is C11H14ClN5OS. The van der Waals surface area contributed by atoms with Crippen molar-refractivity contribution in [3.8, 4) is 11.4 Å². The minimum absolute atomic E-state index is 0.481. The van der Waals surface area contributed by atoms with Crippen LogP contribution in [0.3, 0.4) is 0 Å². The predicted molar refractivity (Wildman–Crippen MR) is 76.2 cm³/mol. The van der Waals surface area contributed by atoms with Gasteiger partial charge in [0.05, 0.1) is 6.54 Å². The van der Waals surface area contributed by atoms with Gasteiger partial charge in [-0.1, -0.05) is 18.5 Å². The summed E-state index contributed by atoms with van der Waals surface area (Å²) in [5.41, 5.74) is 7.14. The normalized spacial score (nSPS) is 12.5. The number of hydrogen-bond acceptors (Lipinski definition) is 5. The zero-order valence-corrected chi connectivity index (χ0v) is 12.0. The number of aryl methyl sites for hydroxylation is 1. The fourth-order valence-corrected chi connectivity index (χ4v) is 2.44. The zero-order chi connectivity index (χ0) is 13.8. The highest BCUT2D eigenvalue weighted by atomic mass is 35.5. The number of halogens is 1. The molecule has 1 aromatic heterocycles. The van der Waals surface area contributed by atoms with Crippen LogP contribution in [0.5, 0.6) is 0 Å². The third kappa shape index (κ3) is 3.30. The smallest absolute Gasteiger partial charge is 0.184 e. The number of nitrogens with two attached hydrogens (primary N) is 1. The van der Waals surface area contributed by atoms with Gasteiger partial charge in [0, 0.05) is 38.6 Å². The van der Waals surface area contributed by atoms with Gasteiger partial charge in [0.2, 0.25) is 0 Å². The second kappa shape index (κ2) is 6.12. The van der Waals surface area contributed by atoms with Crippen LogP contribution in [0.4, 0.5) is 5.69 Å². The van der Waals surface area contributed by atoms with Gasteiger partial charge < -0.3 is 5.73 Å². The van der Waals surface area contributed by atoms with Gasteiger partial charge in [-0.25, -0.2) is 4.68 Å². The molecule has 2 rings (SSSR count). The average molecular weight is 300 g/mol. The number of aromatic nitrogens is 4. The first-order chi connectivity index (χ1) is 9.11. The Bertz CT molecular complexity index is 601. The van der Waals surface area contributed by atoms with Crippen LogP contribution in [0.2, 0.25) is 5.02 Å². The van der Waals surface area contributed by atoms with E-state index in [-0.39, 0.29) is 0 Å². The standard InChI is InChI=1S/C11H14ClN5OS/c1-2-19(18)6-5-17-11(14-15-16-17)9-7-8(12)3-4-10(9)13/h3-4,7H,2,5-6,13H2,1H3. The highest BCUT2D eigenvalue weighted by Crippen LogP contribution is 2.26. The number of benzene rings is 1. The molecule has 0 aliphatic heterocycles. The molecule has 0 bridgehead atoms. The summed E-state index contributed by atoms with van der Waals surface area (Å²) in [6, 6.07) is 5.14. The molecule has 0 saturated heterocycles. The van der Waals surface area contributed by atoms with Gasteiger partial charge in [0.25, 0.3) is 0 Å². The number of anilines is 1. The second-order valence-electron chi connectivity index (χ2n) is 3.89. The summed E-state index contributed by atoms with van der Waals surface area (Å²) in [7, 11) is -0.860. The monoisotopic (exact) mass is 299 g/mol. The molecule has 1 aromatic carbocycles. The third-order valence-electron chi connectivity index (χ3n) is 2.64. The van der Waals surface area contributed by atoms with Crippen molar-refractivity contribution in [2.45, 2.75) is 13.5 Å². The Morgan fingerprint density at radius 3 is 3.00 bits per heavy atom. The minimum atomic E-state index is -0.860. The van der Waals surface area contributed by atoms with Crippen molar-refractivity contribution in [1.82, 2.24) is 20.2 Å². The maximum absolute atomic E-state index is 11.5. The van der Waals surface area contributed by atoms with Crippen LogP contribution in [0.25, 0.3) is 11.4 Å². The minimum Gasteiger partial charge on any atom is -0.398 e. The lowest BCUT2D eigenvalue weighted by molar-refractivity contribution is 0.624. The molecule has 19 heavy (non-hydrogen) atoms. The van der Waals surface area contributed by atoms with Crippen molar-refractivity contribution in [3.05, 3.63) is 23.2 Å². The Hall–Kier alpha value is -1.47. The molecule has 0 fully saturated rings. The molecular weight excluding hydrogens is 286 g/mol. The van der Waals surface area contributed by atoms with Gasteiger partial charge in [-0.05, 0) is 28.6 Å². The average Bonchev–Trinajstić information content (AvgIpc) is 2.87. The Kier molecular flexibility index (Phi) is 4.49. The highest BCUT2D eigenvalue weighted by molar-refractivity contribution is 7.84. The molecule has 0 aliphatic carbocycles. The highest BCUT2D eigenvalue weighted by Gasteiger charge is 2.13. The van der Waals surface area contributed by atoms with Crippen molar-refractivity contribution in [2.75, 3.05) is 17.2 Å². The van der Waals surface area contributed by atoms with E-state index in [0.29, 0.717) is 40.1 Å². The molecule has 0 saturated carbocycles. The molecule has 2 N–H and O–H groups in total. The maximum Gasteiger partial charge on any atom is 0.184 e. The van der Waals surface area contributed by atoms with Gasteiger partial charge in [-0.15, -0.1) is 5.10 Å². The fraction of sp³-hybridized carbons (Fsp3) is 0.364. The van der Waals surface area contributed by atoms with E-state index >= 15 is 0 Å². The van der Waals surface area contributed by atoms with E-state index in [9.17, 15) is 4.21 Å². The van der Waals surface area contributed by atoms with E-state index < -0.39 is 10.8 Å². The van der Waals surface area contributed by atoms with Crippen LogP contribution >= 0.6 is 11.6 Å². The summed E-state index contributed by atoms with van der Waals surface area (Å²) in [5.74, 6) is 1.67. The number of tetrazole rings is 1. The molecule has 6 nitrogen and oxygen atoms in total. The molecule has 0 radical (unpaired) electrons. The lowest BCUT2D eigenvalue weighted by Gasteiger charge is -2.07. The second-order valence-corrected chi connectivity index (χ2v) is 6.19. The first-order valence-corrected chi connectivity index (χ1v) is 7.65. The van der Waals surface area contributed by atoms with Crippen LogP contribution in [0, 0.1) is 0 Å². The molecule has 1 unspecified atom stereocenters. The van der Waals surface area contributed by atoms with E-state index in [4.69, 9.17) is 17.3 Å². The number of nitrogens with zero attached hydrogens (tertiary/aromatic N) is 4.